The highest BCUT2D eigenvalue weighted by Gasteiger charge is 2.64. The molecule has 4 bridgehead atoms. The van der Waals surface area contributed by atoms with E-state index in [1.807, 2.05) is 19.9 Å². The predicted molar refractivity (Wildman–Crippen MR) is 198 cm³/mol. The van der Waals surface area contributed by atoms with Crippen molar-refractivity contribution in [2.24, 2.45) is 11.8 Å². The van der Waals surface area contributed by atoms with Crippen LogP contribution in [0.25, 0.3) is 0 Å². The molecule has 0 saturated carbocycles. The minimum absolute atomic E-state index is 0.0298. The maximum Gasteiger partial charge on any atom is 0.328 e. The van der Waals surface area contributed by atoms with Crippen LogP contribution in [0.3, 0.4) is 0 Å². The number of hydrogen-bond acceptors (Lipinski definition) is 10. The quantitative estimate of drug-likeness (QED) is 0.274. The zero-order chi connectivity index (χ0) is 39.4. The van der Waals surface area contributed by atoms with Gasteiger partial charge in [-0.1, -0.05) is 42.3 Å². The lowest BCUT2D eigenvalue weighted by molar-refractivity contribution is -0.162. The molecule has 0 spiro atoms. The summed E-state index contributed by atoms with van der Waals surface area (Å²) in [6.45, 7) is 8.59. The maximum absolute atomic E-state index is 14.1. The number of halogens is 1. The molecule has 53 heavy (non-hydrogen) atoms. The normalized spacial score (nSPS) is 31.3. The smallest absolute Gasteiger partial charge is 0.328 e. The number of benzene rings is 1. The number of piperidine rings is 1. The summed E-state index contributed by atoms with van der Waals surface area (Å²) < 4.78 is 23.7. The molecule has 3 aliphatic heterocycles. The van der Waals surface area contributed by atoms with E-state index in [0.29, 0.717) is 24.3 Å². The first kappa shape index (κ1) is 42.0. The van der Waals surface area contributed by atoms with Gasteiger partial charge in [-0.3, -0.25) is 14.4 Å². The Bertz CT molecular complexity index is 1650. The third kappa shape index (κ3) is 9.67. The third-order valence-corrected chi connectivity index (χ3v) is 11.3. The monoisotopic (exact) mass is 759 g/mol. The molecule has 0 aromatic heterocycles. The number of epoxide rings is 1. The fourth-order valence-electron chi connectivity index (χ4n) is 7.32. The van der Waals surface area contributed by atoms with Crippen LogP contribution in [0, 0.1) is 11.8 Å². The largest absolute Gasteiger partial charge is 0.495 e. The Kier molecular flexibility index (Phi) is 13.6. The number of likely N-dealkylation sites (N-methyl/N-ethyl adjacent to an activating group) is 1. The second-order valence-corrected chi connectivity index (χ2v) is 15.3. The Morgan fingerprint density at radius 3 is 2.53 bits per heavy atom. The Morgan fingerprint density at radius 2 is 1.89 bits per heavy atom. The van der Waals surface area contributed by atoms with Gasteiger partial charge in [0, 0.05) is 46.9 Å². The molecule has 4 rings (SSSR count). The Morgan fingerprint density at radius 1 is 1.19 bits per heavy atom. The number of nitrogens with one attached hydrogen (secondary N) is 1. The van der Waals surface area contributed by atoms with Crippen LogP contribution in [0.5, 0.6) is 5.75 Å². The zero-order valence-corrected chi connectivity index (χ0v) is 33.0. The van der Waals surface area contributed by atoms with Crippen LogP contribution >= 0.6 is 11.6 Å². The van der Waals surface area contributed by atoms with Gasteiger partial charge in [-0.15, -0.1) is 0 Å². The van der Waals surface area contributed by atoms with E-state index in [1.54, 1.807) is 38.3 Å². The summed E-state index contributed by atoms with van der Waals surface area (Å²) in [5.41, 5.74) is -0.721. The minimum atomic E-state index is -1.71. The second-order valence-electron chi connectivity index (χ2n) is 14.9. The fourth-order valence-corrected chi connectivity index (χ4v) is 7.64. The Labute approximate surface area is 317 Å². The number of methoxy groups -OCH3 is 2. The van der Waals surface area contributed by atoms with Gasteiger partial charge < -0.3 is 44.0 Å². The standard InChI is InChI=1S/C39H54ClN3O10/c1-22-12-10-14-30(51-9)39(49)21-27(19-32(45)41-39)24(3)36-38(5,53-36)31(52-37(48)25(4)42(6)33(46)15-11-13-23(2)44)20-34(47)43(7)28-17-26(16-22)18-29(50-8)35(28)40/h10,12,14,17-18,24-25,27,30-31,36,49H,11,13,15-16,19-21H2,1-9H3,(H,41,45)/b14-10+,22-12+/t24-,25+,27?,30-,31+,36+,38+,39+/m1/s1. The van der Waals surface area contributed by atoms with Gasteiger partial charge in [0.1, 0.15) is 40.4 Å². The van der Waals surface area contributed by atoms with E-state index in [1.165, 1.54) is 44.9 Å². The number of rotatable bonds is 9. The number of carbonyl (C=O) groups excluding carboxylic acids is 5. The van der Waals surface area contributed by atoms with Crippen LogP contribution < -0.4 is 15.0 Å². The van der Waals surface area contributed by atoms with Crippen molar-refractivity contribution in [1.29, 1.82) is 0 Å². The van der Waals surface area contributed by atoms with Crippen LogP contribution in [-0.2, 0) is 44.6 Å². The van der Waals surface area contributed by atoms with E-state index in [0.717, 1.165) is 11.1 Å². The first-order valence-electron chi connectivity index (χ1n) is 18.0. The molecule has 14 heteroatoms. The summed E-state index contributed by atoms with van der Waals surface area (Å²) >= 11 is 6.76. The van der Waals surface area contributed by atoms with Crippen molar-refractivity contribution < 1.29 is 48.0 Å². The molecule has 13 nitrogen and oxygen atoms in total. The SMILES string of the molecule is COc1cc2cc(c1Cl)N(C)C(=O)C[C@H](OC(=O)[C@H](C)N(C)C(=O)CCCC(C)=O)[C@]1(C)O[C@H]1[C@H](C)C1CC(=O)N[C@](O)(C1)[C@H](OC)/C=C/C=C(\C)C2. The minimum Gasteiger partial charge on any atom is -0.495 e. The number of fused-ring (bicyclic) bond motifs is 5. The number of hydrogen-bond donors (Lipinski definition) is 2. The average molecular weight is 760 g/mol. The molecular weight excluding hydrogens is 706 g/mol. The second kappa shape index (κ2) is 17.1. The lowest BCUT2D eigenvalue weighted by atomic mass is 9.75. The Balaban J connectivity index is 1.73. The predicted octanol–water partition coefficient (Wildman–Crippen LogP) is 4.30. The molecule has 3 heterocycles. The summed E-state index contributed by atoms with van der Waals surface area (Å²) in [5, 5.41) is 14.7. The van der Waals surface area contributed by atoms with Gasteiger partial charge in [-0.05, 0) is 70.1 Å². The maximum atomic E-state index is 14.1. The summed E-state index contributed by atoms with van der Waals surface area (Å²) in [6, 6.07) is 2.58. The first-order chi connectivity index (χ1) is 24.8. The van der Waals surface area contributed by atoms with Crippen LogP contribution in [0.15, 0.2) is 35.9 Å². The highest BCUT2D eigenvalue weighted by molar-refractivity contribution is 6.35. The molecule has 1 unspecified atom stereocenters. The van der Waals surface area contributed by atoms with Crippen LogP contribution in [0.4, 0.5) is 5.69 Å². The van der Waals surface area contributed by atoms with E-state index < -0.39 is 47.6 Å². The van der Waals surface area contributed by atoms with Crippen molar-refractivity contribution in [3.8, 4) is 5.75 Å². The van der Waals surface area contributed by atoms with Gasteiger partial charge >= 0.3 is 5.97 Å². The molecule has 2 N–H and O–H groups in total. The molecule has 3 amide bonds. The molecule has 3 aliphatic rings. The molecule has 2 fully saturated rings. The van der Waals surface area contributed by atoms with Crippen molar-refractivity contribution >= 4 is 46.8 Å². The van der Waals surface area contributed by atoms with E-state index >= 15 is 0 Å². The van der Waals surface area contributed by atoms with E-state index in [4.69, 9.17) is 30.5 Å². The molecule has 0 aliphatic carbocycles. The van der Waals surface area contributed by atoms with E-state index in [9.17, 15) is 29.1 Å². The van der Waals surface area contributed by atoms with Crippen LogP contribution in [-0.4, -0.2) is 103 Å². The highest BCUT2D eigenvalue weighted by Crippen LogP contribution is 2.50. The van der Waals surface area contributed by atoms with Gasteiger partial charge in [-0.25, -0.2) is 4.79 Å². The van der Waals surface area contributed by atoms with Crippen molar-refractivity contribution in [1.82, 2.24) is 10.2 Å². The number of allylic oxidation sites excluding steroid dienone is 3. The van der Waals surface area contributed by atoms with Crippen molar-refractivity contribution in [3.05, 3.63) is 46.5 Å². The van der Waals surface area contributed by atoms with Gasteiger partial charge in [0.05, 0.1) is 25.3 Å². The summed E-state index contributed by atoms with van der Waals surface area (Å²) in [7, 11) is 6.02. The molecule has 1 aromatic rings. The molecule has 292 valence electrons. The fraction of sp³-hybridized carbons (Fsp3) is 0.615. The Hall–Kier alpha value is -3.78. The number of nitrogens with zero attached hydrogens (tertiary/aromatic N) is 2. The molecule has 1 aromatic carbocycles. The first-order valence-corrected chi connectivity index (χ1v) is 18.4. The number of esters is 1. The molecule has 2 saturated heterocycles. The number of amides is 3. The van der Waals surface area contributed by atoms with Gasteiger partial charge in [0.2, 0.25) is 17.7 Å². The molecule has 0 radical (unpaired) electrons. The zero-order valence-electron chi connectivity index (χ0n) is 32.2. The number of carbonyl (C=O) groups is 5. The number of ketones is 1. The van der Waals surface area contributed by atoms with Gasteiger partial charge in [0.15, 0.2) is 5.72 Å². The summed E-state index contributed by atoms with van der Waals surface area (Å²) in [6.07, 6.45) is 3.96. The van der Waals surface area contributed by atoms with Gasteiger partial charge in [-0.2, -0.15) is 0 Å². The molecular formula is C39H54ClN3O10. The highest BCUT2D eigenvalue weighted by atomic mass is 35.5. The van der Waals surface area contributed by atoms with Crippen molar-refractivity contribution in [3.63, 3.8) is 0 Å². The van der Waals surface area contributed by atoms with E-state index in [-0.39, 0.29) is 66.6 Å². The average Bonchev–Trinajstić information content (AvgIpc) is 3.79. The van der Waals surface area contributed by atoms with E-state index in [2.05, 4.69) is 5.32 Å². The van der Waals surface area contributed by atoms with Crippen molar-refractivity contribution in [2.45, 2.75) is 115 Å². The number of Topliss-reactive ketones (excluding diaryl/α,β-unsaturated/α-hetero) is 1. The lowest BCUT2D eigenvalue weighted by Gasteiger charge is -2.42. The molecule has 8 atom stereocenters. The van der Waals surface area contributed by atoms with Crippen molar-refractivity contribution in [2.75, 3.05) is 33.2 Å². The summed E-state index contributed by atoms with van der Waals surface area (Å²) in [5.74, 6) is -2.17. The lowest BCUT2D eigenvalue weighted by Crippen LogP contribution is -2.61. The van der Waals surface area contributed by atoms with Gasteiger partial charge in [0.25, 0.3) is 0 Å². The van der Waals surface area contributed by atoms with Crippen LogP contribution in [0.2, 0.25) is 5.02 Å². The summed E-state index contributed by atoms with van der Waals surface area (Å²) in [4.78, 5) is 67.8. The number of ether oxygens (including phenoxy) is 4. The van der Waals surface area contributed by atoms with Crippen LogP contribution in [0.1, 0.15) is 78.7 Å². The number of aliphatic hydroxyl groups is 1. The number of anilines is 1. The topological polar surface area (TPSA) is 164 Å². The third-order valence-electron chi connectivity index (χ3n) is 10.9.